The normalized spacial score (nSPS) is 11.2. The SMILES string of the molecule is COCc1nn(Cc2ccc(Cn3ccccc3=O)cc2)cc1C(=O)NCc1cc2c(Cl)c[nH]c2cn1. The lowest BCUT2D eigenvalue weighted by Gasteiger charge is -2.07. The average Bonchev–Trinajstić information content (AvgIpc) is 3.48. The molecule has 1 amide bonds. The Morgan fingerprint density at radius 1 is 1.14 bits per heavy atom. The van der Waals surface area contributed by atoms with E-state index in [0.29, 0.717) is 35.1 Å². The molecule has 4 aromatic heterocycles. The average molecular weight is 517 g/mol. The van der Waals surface area contributed by atoms with E-state index in [-0.39, 0.29) is 24.6 Å². The smallest absolute Gasteiger partial charge is 0.255 e. The number of amides is 1. The van der Waals surface area contributed by atoms with Crippen LogP contribution in [0.1, 0.15) is 32.9 Å². The minimum Gasteiger partial charge on any atom is -0.378 e. The van der Waals surface area contributed by atoms with Gasteiger partial charge in [-0.05, 0) is 23.3 Å². The molecule has 0 aliphatic rings. The molecular formula is C27H25ClN6O3. The largest absolute Gasteiger partial charge is 0.378 e. The van der Waals surface area contributed by atoms with Crippen molar-refractivity contribution in [2.45, 2.75) is 26.2 Å². The highest BCUT2D eigenvalue weighted by Gasteiger charge is 2.17. The second-order valence-corrected chi connectivity index (χ2v) is 9.05. The van der Waals surface area contributed by atoms with Crippen molar-refractivity contribution in [3.05, 3.63) is 117 Å². The summed E-state index contributed by atoms with van der Waals surface area (Å²) in [6.45, 7) is 1.45. The maximum absolute atomic E-state index is 13.0. The number of halogens is 1. The Morgan fingerprint density at radius 3 is 2.68 bits per heavy atom. The first kappa shape index (κ1) is 24.5. The third-order valence-electron chi connectivity index (χ3n) is 5.99. The van der Waals surface area contributed by atoms with Gasteiger partial charge >= 0.3 is 0 Å². The Hall–Kier alpha value is -4.21. The summed E-state index contributed by atoms with van der Waals surface area (Å²) >= 11 is 6.19. The van der Waals surface area contributed by atoms with Crippen molar-refractivity contribution in [3.63, 3.8) is 0 Å². The molecule has 0 aliphatic heterocycles. The van der Waals surface area contributed by atoms with E-state index in [1.807, 2.05) is 36.4 Å². The molecule has 9 nitrogen and oxygen atoms in total. The summed E-state index contributed by atoms with van der Waals surface area (Å²) in [5.41, 5.74) is 4.53. The van der Waals surface area contributed by atoms with Crippen molar-refractivity contribution in [3.8, 4) is 0 Å². The molecule has 0 saturated carbocycles. The van der Waals surface area contributed by atoms with Gasteiger partial charge in [0.25, 0.3) is 11.5 Å². The number of ether oxygens (including phenoxy) is 1. The fourth-order valence-electron chi connectivity index (χ4n) is 4.09. The molecule has 5 rings (SSSR count). The van der Waals surface area contributed by atoms with Crippen molar-refractivity contribution in [1.82, 2.24) is 29.6 Å². The number of aromatic nitrogens is 5. The van der Waals surface area contributed by atoms with E-state index in [0.717, 1.165) is 22.0 Å². The predicted octanol–water partition coefficient (Wildman–Crippen LogP) is 3.75. The monoisotopic (exact) mass is 516 g/mol. The van der Waals surface area contributed by atoms with Crippen LogP contribution in [0.4, 0.5) is 0 Å². The lowest BCUT2D eigenvalue weighted by Crippen LogP contribution is -2.24. The fourth-order valence-corrected chi connectivity index (χ4v) is 4.30. The molecule has 5 aromatic rings. The van der Waals surface area contributed by atoms with E-state index >= 15 is 0 Å². The number of H-pyrrole nitrogens is 1. The molecule has 1 aromatic carbocycles. The summed E-state index contributed by atoms with van der Waals surface area (Å²) in [6.07, 6.45) is 6.90. The minimum atomic E-state index is -0.260. The summed E-state index contributed by atoms with van der Waals surface area (Å²) in [5.74, 6) is -0.260. The molecule has 10 heteroatoms. The number of hydrogen-bond donors (Lipinski definition) is 2. The first-order valence-electron chi connectivity index (χ1n) is 11.7. The van der Waals surface area contributed by atoms with Crippen LogP contribution in [0.5, 0.6) is 0 Å². The van der Waals surface area contributed by atoms with E-state index in [4.69, 9.17) is 16.3 Å². The molecule has 0 saturated heterocycles. The van der Waals surface area contributed by atoms with Crippen LogP contribution in [-0.4, -0.2) is 37.3 Å². The van der Waals surface area contributed by atoms with Crippen molar-refractivity contribution < 1.29 is 9.53 Å². The number of nitrogens with zero attached hydrogens (tertiary/aromatic N) is 4. The fraction of sp³-hybridized carbons (Fsp3) is 0.185. The number of benzene rings is 1. The van der Waals surface area contributed by atoms with E-state index in [1.54, 1.807) is 53.3 Å². The summed E-state index contributed by atoms with van der Waals surface area (Å²) in [7, 11) is 1.57. The van der Waals surface area contributed by atoms with Gasteiger partial charge in [-0.3, -0.25) is 19.3 Å². The number of pyridine rings is 2. The van der Waals surface area contributed by atoms with E-state index in [9.17, 15) is 9.59 Å². The number of carbonyl (C=O) groups is 1. The molecule has 37 heavy (non-hydrogen) atoms. The van der Waals surface area contributed by atoms with Gasteiger partial charge in [0.05, 0.1) is 54.2 Å². The summed E-state index contributed by atoms with van der Waals surface area (Å²) < 4.78 is 8.65. The Morgan fingerprint density at radius 2 is 1.92 bits per heavy atom. The van der Waals surface area contributed by atoms with E-state index in [2.05, 4.69) is 20.4 Å². The molecule has 0 fully saturated rings. The van der Waals surface area contributed by atoms with Gasteiger partial charge in [-0.1, -0.05) is 41.9 Å². The van der Waals surface area contributed by atoms with Crippen molar-refractivity contribution in [2.24, 2.45) is 0 Å². The van der Waals surface area contributed by atoms with Gasteiger partial charge in [0, 0.05) is 37.2 Å². The van der Waals surface area contributed by atoms with Gasteiger partial charge in [0.15, 0.2) is 0 Å². The predicted molar refractivity (Wildman–Crippen MR) is 141 cm³/mol. The molecule has 0 spiro atoms. The lowest BCUT2D eigenvalue weighted by molar-refractivity contribution is 0.0945. The van der Waals surface area contributed by atoms with Crippen molar-refractivity contribution in [1.29, 1.82) is 0 Å². The zero-order chi connectivity index (χ0) is 25.8. The highest BCUT2D eigenvalue weighted by atomic mass is 35.5. The molecule has 0 atom stereocenters. The highest BCUT2D eigenvalue weighted by molar-refractivity contribution is 6.35. The second kappa shape index (κ2) is 10.8. The summed E-state index contributed by atoms with van der Waals surface area (Å²) in [5, 5.41) is 8.94. The van der Waals surface area contributed by atoms with Crippen LogP contribution in [-0.2, 0) is 31.0 Å². The Labute approximate surface area is 217 Å². The van der Waals surface area contributed by atoms with Crippen LogP contribution in [0.3, 0.4) is 0 Å². The Kier molecular flexibility index (Phi) is 7.16. The first-order chi connectivity index (χ1) is 18.0. The Bertz CT molecular complexity index is 1600. The Balaban J connectivity index is 1.26. The molecule has 0 unspecified atom stereocenters. The van der Waals surface area contributed by atoms with Crippen LogP contribution >= 0.6 is 11.6 Å². The second-order valence-electron chi connectivity index (χ2n) is 8.64. The van der Waals surface area contributed by atoms with Crippen LogP contribution in [0.25, 0.3) is 10.9 Å². The highest BCUT2D eigenvalue weighted by Crippen LogP contribution is 2.22. The van der Waals surface area contributed by atoms with Crippen LogP contribution < -0.4 is 10.9 Å². The van der Waals surface area contributed by atoms with E-state index < -0.39 is 0 Å². The maximum atomic E-state index is 13.0. The zero-order valence-corrected chi connectivity index (χ0v) is 20.9. The minimum absolute atomic E-state index is 0.0378. The van der Waals surface area contributed by atoms with Gasteiger partial charge in [-0.15, -0.1) is 0 Å². The van der Waals surface area contributed by atoms with Gasteiger partial charge in [0.2, 0.25) is 0 Å². The molecule has 0 radical (unpaired) electrons. The summed E-state index contributed by atoms with van der Waals surface area (Å²) in [4.78, 5) is 32.4. The molecule has 4 heterocycles. The van der Waals surface area contributed by atoms with Gasteiger partial charge in [-0.25, -0.2) is 0 Å². The number of methoxy groups -OCH3 is 1. The third-order valence-corrected chi connectivity index (χ3v) is 6.30. The van der Waals surface area contributed by atoms with Gasteiger partial charge in [0.1, 0.15) is 5.69 Å². The van der Waals surface area contributed by atoms with Crippen LogP contribution in [0.2, 0.25) is 5.02 Å². The van der Waals surface area contributed by atoms with Crippen LogP contribution in [0, 0.1) is 0 Å². The standard InChI is InChI=1S/C27H25ClN6O3/c1-37-17-25-22(27(36)31-11-20-10-21-23(28)12-30-24(21)13-29-20)16-34(32-25)15-19-7-5-18(6-8-19)14-33-9-3-2-4-26(33)35/h2-10,12-13,16,30H,11,14-15,17H2,1H3,(H,31,36). The molecular weight excluding hydrogens is 492 g/mol. The topological polar surface area (TPSA) is 107 Å². The molecule has 0 aliphatic carbocycles. The number of hydrogen-bond acceptors (Lipinski definition) is 5. The van der Waals surface area contributed by atoms with Gasteiger partial charge in [-0.2, -0.15) is 5.10 Å². The number of fused-ring (bicyclic) bond motifs is 1. The number of rotatable bonds is 9. The molecule has 2 N–H and O–H groups in total. The molecule has 188 valence electrons. The lowest BCUT2D eigenvalue weighted by atomic mass is 10.1. The number of carbonyl (C=O) groups excluding carboxylic acids is 1. The molecule has 0 bridgehead atoms. The van der Waals surface area contributed by atoms with Gasteiger partial charge < -0.3 is 19.6 Å². The maximum Gasteiger partial charge on any atom is 0.255 e. The van der Waals surface area contributed by atoms with E-state index in [1.165, 1.54) is 0 Å². The number of nitrogens with one attached hydrogen (secondary N) is 2. The van der Waals surface area contributed by atoms with Crippen molar-refractivity contribution in [2.75, 3.05) is 7.11 Å². The quantitative estimate of drug-likeness (QED) is 0.310. The summed E-state index contributed by atoms with van der Waals surface area (Å²) in [6, 6.07) is 14.9. The van der Waals surface area contributed by atoms with Crippen molar-refractivity contribution >= 4 is 28.4 Å². The third kappa shape index (κ3) is 5.63. The zero-order valence-electron chi connectivity index (χ0n) is 20.1. The first-order valence-corrected chi connectivity index (χ1v) is 12.1. The van der Waals surface area contributed by atoms with Crippen LogP contribution in [0.15, 0.2) is 78.1 Å². The number of aromatic amines is 1.